The van der Waals surface area contributed by atoms with Crippen molar-refractivity contribution in [3.8, 4) is 17.7 Å². The number of benzene rings is 1. The first-order chi connectivity index (χ1) is 13.5. The molecule has 28 heavy (non-hydrogen) atoms. The van der Waals surface area contributed by atoms with Crippen LogP contribution in [0.2, 0.25) is 0 Å². The van der Waals surface area contributed by atoms with Gasteiger partial charge in [-0.15, -0.1) is 0 Å². The van der Waals surface area contributed by atoms with E-state index in [2.05, 4.69) is 37.4 Å². The fraction of sp³-hybridized carbons (Fsp3) is 0.200. The van der Waals surface area contributed by atoms with Crippen LogP contribution in [0.1, 0.15) is 23.9 Å². The molecular formula is C20H18N6O2. The Labute approximate surface area is 161 Å². The van der Waals surface area contributed by atoms with Crippen molar-refractivity contribution in [3.05, 3.63) is 59.7 Å². The van der Waals surface area contributed by atoms with Gasteiger partial charge in [0.1, 0.15) is 11.5 Å². The first-order valence-electron chi connectivity index (χ1n) is 8.64. The first kappa shape index (κ1) is 17.7. The van der Waals surface area contributed by atoms with Gasteiger partial charge >= 0.3 is 0 Å². The molecule has 0 unspecified atom stereocenters. The van der Waals surface area contributed by atoms with E-state index in [1.807, 2.05) is 18.2 Å². The summed E-state index contributed by atoms with van der Waals surface area (Å²) in [6.45, 7) is 3.35. The number of nitrogens with one attached hydrogen (secondary N) is 1. The number of anilines is 1. The van der Waals surface area contributed by atoms with E-state index < -0.39 is 5.60 Å². The molecule has 0 spiro atoms. The highest BCUT2D eigenvalue weighted by molar-refractivity contribution is 5.81. The highest BCUT2D eigenvalue weighted by Gasteiger charge is 2.24. The molecule has 2 N–H and O–H groups in total. The minimum Gasteiger partial charge on any atom is -0.372 e. The molecule has 0 radical (unpaired) electrons. The molecule has 0 saturated carbocycles. The zero-order chi connectivity index (χ0) is 19.7. The third-order valence-electron chi connectivity index (χ3n) is 4.23. The van der Waals surface area contributed by atoms with Gasteiger partial charge < -0.3 is 14.9 Å². The maximum Gasteiger partial charge on any atom is 0.224 e. The van der Waals surface area contributed by atoms with Gasteiger partial charge in [-0.25, -0.2) is 9.67 Å². The number of aromatic nitrogens is 5. The van der Waals surface area contributed by atoms with E-state index in [-0.39, 0.29) is 0 Å². The standard InChI is InChI=1S/C20H18N6O2/c1-13-10-17(25-28-13)20(2,27)8-6-14-4-5-15-12-23-26(16(15)11-14)18-7-9-22-19(21-3)24-18/h4-5,7,9-12,27H,1-3H3,(H,21,22,24)/t20-/m1/s1. The van der Waals surface area contributed by atoms with Gasteiger partial charge in [0.15, 0.2) is 11.4 Å². The van der Waals surface area contributed by atoms with Crippen LogP contribution in [0.4, 0.5) is 5.95 Å². The van der Waals surface area contributed by atoms with Crippen molar-refractivity contribution < 1.29 is 9.63 Å². The fourth-order valence-electron chi connectivity index (χ4n) is 2.72. The second-order valence-electron chi connectivity index (χ2n) is 6.46. The quantitative estimate of drug-likeness (QED) is 0.531. The molecule has 140 valence electrons. The van der Waals surface area contributed by atoms with Gasteiger partial charge in [0.05, 0.1) is 11.7 Å². The lowest BCUT2D eigenvalue weighted by atomic mass is 10.0. The molecule has 4 aromatic rings. The minimum absolute atomic E-state index is 0.379. The van der Waals surface area contributed by atoms with Crippen LogP contribution in [0.3, 0.4) is 0 Å². The van der Waals surface area contributed by atoms with Crippen molar-refractivity contribution in [2.75, 3.05) is 12.4 Å². The first-order valence-corrected chi connectivity index (χ1v) is 8.64. The molecule has 3 aromatic heterocycles. The van der Waals surface area contributed by atoms with E-state index in [4.69, 9.17) is 4.52 Å². The van der Waals surface area contributed by atoms with Crippen molar-refractivity contribution in [1.82, 2.24) is 24.9 Å². The summed E-state index contributed by atoms with van der Waals surface area (Å²) in [5.41, 5.74) is 0.549. The van der Waals surface area contributed by atoms with E-state index in [9.17, 15) is 5.11 Å². The lowest BCUT2D eigenvalue weighted by molar-refractivity contribution is 0.112. The summed E-state index contributed by atoms with van der Waals surface area (Å²) in [5.74, 6) is 7.64. The summed E-state index contributed by atoms with van der Waals surface area (Å²) in [5, 5.41) is 22.7. The summed E-state index contributed by atoms with van der Waals surface area (Å²) < 4.78 is 6.75. The number of rotatable bonds is 3. The van der Waals surface area contributed by atoms with Crippen LogP contribution in [0.25, 0.3) is 16.7 Å². The maximum absolute atomic E-state index is 10.6. The molecule has 1 aromatic carbocycles. The van der Waals surface area contributed by atoms with Crippen LogP contribution in [0, 0.1) is 18.8 Å². The van der Waals surface area contributed by atoms with Crippen LogP contribution >= 0.6 is 0 Å². The second-order valence-corrected chi connectivity index (χ2v) is 6.46. The molecule has 8 nitrogen and oxygen atoms in total. The van der Waals surface area contributed by atoms with Gasteiger partial charge in [-0.05, 0) is 32.0 Å². The lowest BCUT2D eigenvalue weighted by Gasteiger charge is -2.11. The molecule has 0 saturated heterocycles. The predicted octanol–water partition coefficient (Wildman–Crippen LogP) is 2.41. The highest BCUT2D eigenvalue weighted by Crippen LogP contribution is 2.21. The van der Waals surface area contributed by atoms with E-state index in [1.165, 1.54) is 0 Å². The Balaban J connectivity index is 1.72. The number of hydrogen-bond donors (Lipinski definition) is 2. The Bertz CT molecular complexity index is 1210. The third-order valence-corrected chi connectivity index (χ3v) is 4.23. The smallest absolute Gasteiger partial charge is 0.224 e. The number of hydrogen-bond acceptors (Lipinski definition) is 7. The van der Waals surface area contributed by atoms with Crippen LogP contribution in [0.15, 0.2) is 47.2 Å². The van der Waals surface area contributed by atoms with E-state index in [1.54, 1.807) is 50.1 Å². The number of aryl methyl sites for hydroxylation is 1. The molecule has 1 atom stereocenters. The Morgan fingerprint density at radius 1 is 1.25 bits per heavy atom. The molecule has 3 heterocycles. The van der Waals surface area contributed by atoms with E-state index in [0.29, 0.717) is 23.2 Å². The minimum atomic E-state index is -1.42. The molecule has 0 bridgehead atoms. The Morgan fingerprint density at radius 3 is 2.86 bits per heavy atom. The molecular weight excluding hydrogens is 356 g/mol. The van der Waals surface area contributed by atoms with E-state index in [0.717, 1.165) is 16.5 Å². The van der Waals surface area contributed by atoms with Gasteiger partial charge in [-0.1, -0.05) is 17.0 Å². The Morgan fingerprint density at radius 2 is 2.11 bits per heavy atom. The maximum atomic E-state index is 10.6. The average molecular weight is 374 g/mol. The molecule has 0 aliphatic heterocycles. The molecule has 8 heteroatoms. The summed E-state index contributed by atoms with van der Waals surface area (Å²) >= 11 is 0. The van der Waals surface area contributed by atoms with Crippen LogP contribution in [-0.2, 0) is 5.60 Å². The van der Waals surface area contributed by atoms with Crippen LogP contribution in [-0.4, -0.2) is 37.1 Å². The molecule has 0 amide bonds. The predicted molar refractivity (Wildman–Crippen MR) is 104 cm³/mol. The zero-order valence-electron chi connectivity index (χ0n) is 15.6. The average Bonchev–Trinajstić information content (AvgIpc) is 3.33. The van der Waals surface area contributed by atoms with Crippen molar-refractivity contribution in [2.45, 2.75) is 19.4 Å². The van der Waals surface area contributed by atoms with Crippen molar-refractivity contribution in [2.24, 2.45) is 0 Å². The van der Waals surface area contributed by atoms with Gasteiger partial charge in [0, 0.05) is 36.3 Å². The third kappa shape index (κ3) is 3.31. The molecule has 0 aliphatic rings. The number of aliphatic hydroxyl groups is 1. The van der Waals surface area contributed by atoms with Crippen molar-refractivity contribution in [1.29, 1.82) is 0 Å². The summed E-state index contributed by atoms with van der Waals surface area (Å²) in [6, 6.07) is 9.16. The summed E-state index contributed by atoms with van der Waals surface area (Å²) in [4.78, 5) is 8.55. The van der Waals surface area contributed by atoms with Crippen molar-refractivity contribution >= 4 is 16.9 Å². The fourth-order valence-corrected chi connectivity index (χ4v) is 2.72. The lowest BCUT2D eigenvalue weighted by Crippen LogP contribution is -2.18. The van der Waals surface area contributed by atoms with E-state index >= 15 is 0 Å². The zero-order valence-corrected chi connectivity index (χ0v) is 15.6. The summed E-state index contributed by atoms with van der Waals surface area (Å²) in [6.07, 6.45) is 3.43. The Hall–Kier alpha value is -3.70. The Kier molecular flexibility index (Phi) is 4.29. The monoisotopic (exact) mass is 374 g/mol. The number of fused-ring (bicyclic) bond motifs is 1. The highest BCUT2D eigenvalue weighted by atomic mass is 16.5. The summed E-state index contributed by atoms with van der Waals surface area (Å²) in [7, 11) is 1.76. The second kappa shape index (κ2) is 6.79. The van der Waals surface area contributed by atoms with Gasteiger partial charge in [-0.2, -0.15) is 10.1 Å². The largest absolute Gasteiger partial charge is 0.372 e. The SMILES string of the molecule is CNc1nccc(-n2ncc3ccc(C#C[C@@](C)(O)c4cc(C)on4)cc32)n1. The van der Waals surface area contributed by atoms with Gasteiger partial charge in [0.25, 0.3) is 0 Å². The molecule has 4 rings (SSSR count). The van der Waals surface area contributed by atoms with Gasteiger partial charge in [-0.3, -0.25) is 0 Å². The topological polar surface area (TPSA) is 102 Å². The van der Waals surface area contributed by atoms with Crippen LogP contribution < -0.4 is 5.32 Å². The molecule has 0 aliphatic carbocycles. The van der Waals surface area contributed by atoms with Gasteiger partial charge in [0.2, 0.25) is 5.95 Å². The van der Waals surface area contributed by atoms with Crippen LogP contribution in [0.5, 0.6) is 0 Å². The van der Waals surface area contributed by atoms with Crippen molar-refractivity contribution in [3.63, 3.8) is 0 Å². The normalized spacial score (nSPS) is 13.0. The number of nitrogens with zero attached hydrogens (tertiary/aromatic N) is 5. The molecule has 0 fully saturated rings.